The first kappa shape index (κ1) is 18.9. The largest absolute Gasteiger partial charge is 0.469 e. The Morgan fingerprint density at radius 1 is 1.36 bits per heavy atom. The second-order valence-electron chi connectivity index (χ2n) is 6.19. The lowest BCUT2D eigenvalue weighted by Gasteiger charge is -2.30. The third-order valence-corrected chi connectivity index (χ3v) is 4.63. The Kier molecular flexibility index (Phi) is 8.42. The Morgan fingerprint density at radius 2 is 2.00 bits per heavy atom. The fourth-order valence-electron chi connectivity index (χ4n) is 2.70. The summed E-state index contributed by atoms with van der Waals surface area (Å²) in [7, 11) is 1.45. The fraction of sp³-hybridized carbons (Fsp3) is 0.875. The third-order valence-electron chi connectivity index (χ3n) is 4.63. The highest BCUT2D eigenvalue weighted by Gasteiger charge is 2.25. The molecule has 1 aliphatic rings. The summed E-state index contributed by atoms with van der Waals surface area (Å²) in [5, 5.41) is 2.91. The van der Waals surface area contributed by atoms with Crippen LogP contribution in [0.25, 0.3) is 0 Å². The van der Waals surface area contributed by atoms with Crippen LogP contribution >= 0.6 is 0 Å². The van der Waals surface area contributed by atoms with Crippen LogP contribution in [0.3, 0.4) is 0 Å². The van der Waals surface area contributed by atoms with Gasteiger partial charge in [0.25, 0.3) is 0 Å². The van der Waals surface area contributed by atoms with Crippen molar-refractivity contribution in [3.63, 3.8) is 0 Å². The van der Waals surface area contributed by atoms with Gasteiger partial charge in [-0.3, -0.25) is 9.59 Å². The number of nitrogens with zero attached hydrogens (tertiary/aromatic N) is 1. The van der Waals surface area contributed by atoms with E-state index in [1.165, 1.54) is 7.11 Å². The Morgan fingerprint density at radius 3 is 2.55 bits per heavy atom. The summed E-state index contributed by atoms with van der Waals surface area (Å²) in [5.41, 5.74) is 5.89. The molecule has 1 aliphatic heterocycles. The number of nitrogens with two attached hydrogens (primary N) is 1. The average molecular weight is 313 g/mol. The summed E-state index contributed by atoms with van der Waals surface area (Å²) in [4.78, 5) is 25.6. The van der Waals surface area contributed by atoms with E-state index in [4.69, 9.17) is 10.5 Å². The summed E-state index contributed by atoms with van der Waals surface area (Å²) in [5.74, 6) is 0.108. The standard InChI is InChI=1S/C16H31N3O3/c1-4-12(2)14(17)15(20)18-8-5-9-19-10-6-13(7-11-19)16(21)22-3/h12-14H,4-11,17H2,1-3H3,(H,18,20). The van der Waals surface area contributed by atoms with E-state index in [0.717, 1.165) is 45.3 Å². The van der Waals surface area contributed by atoms with Crippen molar-refractivity contribution in [2.45, 2.75) is 45.6 Å². The molecule has 0 radical (unpaired) electrons. The number of carbonyl (C=O) groups is 2. The fourth-order valence-corrected chi connectivity index (χ4v) is 2.70. The minimum atomic E-state index is -0.416. The number of amides is 1. The van der Waals surface area contributed by atoms with Crippen molar-refractivity contribution in [2.24, 2.45) is 17.6 Å². The highest BCUT2D eigenvalue weighted by atomic mass is 16.5. The maximum atomic E-state index is 11.8. The molecule has 1 saturated heterocycles. The lowest BCUT2D eigenvalue weighted by Crippen LogP contribution is -2.45. The van der Waals surface area contributed by atoms with E-state index in [1.807, 2.05) is 13.8 Å². The molecule has 0 spiro atoms. The van der Waals surface area contributed by atoms with Gasteiger partial charge in [0.15, 0.2) is 0 Å². The number of ether oxygens (including phenoxy) is 1. The van der Waals surface area contributed by atoms with E-state index < -0.39 is 6.04 Å². The van der Waals surface area contributed by atoms with Crippen molar-refractivity contribution in [1.82, 2.24) is 10.2 Å². The molecule has 22 heavy (non-hydrogen) atoms. The van der Waals surface area contributed by atoms with Crippen LogP contribution in [0.2, 0.25) is 0 Å². The Balaban J connectivity index is 2.13. The second kappa shape index (κ2) is 9.79. The number of methoxy groups -OCH3 is 1. The number of piperidine rings is 1. The summed E-state index contributed by atoms with van der Waals surface area (Å²) >= 11 is 0. The van der Waals surface area contributed by atoms with Crippen LogP contribution in [0.5, 0.6) is 0 Å². The van der Waals surface area contributed by atoms with Gasteiger partial charge in [0.2, 0.25) is 5.91 Å². The minimum Gasteiger partial charge on any atom is -0.469 e. The van der Waals surface area contributed by atoms with Gasteiger partial charge in [-0.2, -0.15) is 0 Å². The molecule has 0 aromatic rings. The number of rotatable bonds is 8. The molecule has 2 unspecified atom stereocenters. The van der Waals surface area contributed by atoms with Crippen molar-refractivity contribution < 1.29 is 14.3 Å². The van der Waals surface area contributed by atoms with Crippen LogP contribution in [-0.2, 0) is 14.3 Å². The first-order valence-corrected chi connectivity index (χ1v) is 8.33. The average Bonchev–Trinajstić information content (AvgIpc) is 2.56. The first-order valence-electron chi connectivity index (χ1n) is 8.33. The van der Waals surface area contributed by atoms with E-state index in [-0.39, 0.29) is 23.7 Å². The van der Waals surface area contributed by atoms with Gasteiger partial charge in [-0.05, 0) is 44.8 Å². The lowest BCUT2D eigenvalue weighted by molar-refractivity contribution is -0.147. The van der Waals surface area contributed by atoms with Crippen LogP contribution in [-0.4, -0.2) is 56.1 Å². The molecule has 6 heteroatoms. The molecule has 0 aromatic carbocycles. The van der Waals surface area contributed by atoms with E-state index in [9.17, 15) is 9.59 Å². The SMILES string of the molecule is CCC(C)C(N)C(=O)NCCCN1CCC(C(=O)OC)CC1. The second-order valence-corrected chi connectivity index (χ2v) is 6.19. The van der Waals surface area contributed by atoms with Crippen LogP contribution in [0.15, 0.2) is 0 Å². The van der Waals surface area contributed by atoms with Gasteiger partial charge in [0, 0.05) is 6.54 Å². The highest BCUT2D eigenvalue weighted by molar-refractivity contribution is 5.81. The molecule has 1 amide bonds. The number of likely N-dealkylation sites (tertiary alicyclic amines) is 1. The summed E-state index contributed by atoms with van der Waals surface area (Å²) in [6.45, 7) is 7.46. The third kappa shape index (κ3) is 5.93. The molecule has 0 bridgehead atoms. The predicted octanol–water partition coefficient (Wildman–Crippen LogP) is 0.751. The molecule has 3 N–H and O–H groups in total. The molecule has 0 aromatic heterocycles. The Hall–Kier alpha value is -1.14. The van der Waals surface area contributed by atoms with Crippen molar-refractivity contribution in [2.75, 3.05) is 33.3 Å². The van der Waals surface area contributed by atoms with Gasteiger partial charge in [0.05, 0.1) is 19.1 Å². The summed E-state index contributed by atoms with van der Waals surface area (Å²) in [6.07, 6.45) is 3.53. The quantitative estimate of drug-likeness (QED) is 0.510. The number of esters is 1. The zero-order valence-electron chi connectivity index (χ0n) is 14.1. The van der Waals surface area contributed by atoms with Gasteiger partial charge in [0.1, 0.15) is 0 Å². The minimum absolute atomic E-state index is 0.0504. The number of nitrogens with one attached hydrogen (secondary N) is 1. The van der Waals surface area contributed by atoms with Crippen molar-refractivity contribution in [3.05, 3.63) is 0 Å². The molecule has 1 fully saturated rings. The molecule has 1 rings (SSSR count). The van der Waals surface area contributed by atoms with Gasteiger partial charge in [-0.15, -0.1) is 0 Å². The van der Waals surface area contributed by atoms with Crippen LogP contribution in [0.1, 0.15) is 39.5 Å². The van der Waals surface area contributed by atoms with E-state index >= 15 is 0 Å². The zero-order chi connectivity index (χ0) is 16.5. The van der Waals surface area contributed by atoms with Gasteiger partial charge in [-0.25, -0.2) is 0 Å². The topological polar surface area (TPSA) is 84.7 Å². The molecule has 0 saturated carbocycles. The molecule has 128 valence electrons. The number of carbonyl (C=O) groups excluding carboxylic acids is 2. The van der Waals surface area contributed by atoms with Gasteiger partial charge < -0.3 is 20.7 Å². The molecular weight excluding hydrogens is 282 g/mol. The summed E-state index contributed by atoms with van der Waals surface area (Å²) in [6, 6.07) is -0.416. The maximum absolute atomic E-state index is 11.8. The maximum Gasteiger partial charge on any atom is 0.308 e. The van der Waals surface area contributed by atoms with Crippen molar-refractivity contribution >= 4 is 11.9 Å². The first-order chi connectivity index (χ1) is 10.5. The highest BCUT2D eigenvalue weighted by Crippen LogP contribution is 2.18. The van der Waals surface area contributed by atoms with Crippen molar-refractivity contribution in [3.8, 4) is 0 Å². The monoisotopic (exact) mass is 313 g/mol. The van der Waals surface area contributed by atoms with Gasteiger partial charge >= 0.3 is 5.97 Å². The van der Waals surface area contributed by atoms with Crippen LogP contribution in [0, 0.1) is 11.8 Å². The van der Waals surface area contributed by atoms with E-state index in [0.29, 0.717) is 6.54 Å². The lowest BCUT2D eigenvalue weighted by atomic mass is 9.97. The van der Waals surface area contributed by atoms with Crippen LogP contribution < -0.4 is 11.1 Å². The Labute approximate surface area is 133 Å². The molecule has 0 aliphatic carbocycles. The van der Waals surface area contributed by atoms with Crippen LogP contribution in [0.4, 0.5) is 0 Å². The smallest absolute Gasteiger partial charge is 0.308 e. The molecule has 1 heterocycles. The van der Waals surface area contributed by atoms with E-state index in [1.54, 1.807) is 0 Å². The zero-order valence-corrected chi connectivity index (χ0v) is 14.1. The normalized spacial score (nSPS) is 19.5. The molecule has 2 atom stereocenters. The predicted molar refractivity (Wildman–Crippen MR) is 86.2 cm³/mol. The van der Waals surface area contributed by atoms with Gasteiger partial charge in [-0.1, -0.05) is 20.3 Å². The summed E-state index contributed by atoms with van der Waals surface area (Å²) < 4.78 is 4.78. The number of hydrogen-bond acceptors (Lipinski definition) is 5. The molecule has 6 nitrogen and oxygen atoms in total. The number of hydrogen-bond donors (Lipinski definition) is 2. The molecular formula is C16H31N3O3. The van der Waals surface area contributed by atoms with Crippen molar-refractivity contribution in [1.29, 1.82) is 0 Å². The Bertz CT molecular complexity index is 355. The van der Waals surface area contributed by atoms with E-state index in [2.05, 4.69) is 10.2 Å².